The zero-order chi connectivity index (χ0) is 26.6. The van der Waals surface area contributed by atoms with Crippen molar-refractivity contribution >= 4 is 40.3 Å². The third-order valence-corrected chi connectivity index (χ3v) is 5.85. The minimum atomic E-state index is -1.16. The summed E-state index contributed by atoms with van der Waals surface area (Å²) in [7, 11) is 0. The number of para-hydroxylation sites is 1. The molecule has 3 aromatic rings. The van der Waals surface area contributed by atoms with Crippen LogP contribution in [-0.4, -0.2) is 55.5 Å². The number of anilines is 1. The summed E-state index contributed by atoms with van der Waals surface area (Å²) in [6.07, 6.45) is -0.742. The first-order valence-electron chi connectivity index (χ1n) is 11.4. The van der Waals surface area contributed by atoms with Crippen molar-refractivity contribution in [3.63, 3.8) is 0 Å². The molecule has 1 unspecified atom stereocenters. The van der Waals surface area contributed by atoms with E-state index in [0.717, 1.165) is 0 Å². The number of rotatable bonds is 7. The Labute approximate surface area is 213 Å². The number of carboxylic acid groups (broad SMARTS) is 1. The van der Waals surface area contributed by atoms with Crippen LogP contribution in [0.1, 0.15) is 46.0 Å². The van der Waals surface area contributed by atoms with Gasteiger partial charge in [-0.1, -0.05) is 23.7 Å². The molecular weight excluding hydrogens is 486 g/mol. The molecule has 1 aromatic heterocycles. The van der Waals surface area contributed by atoms with Gasteiger partial charge in [0, 0.05) is 24.4 Å². The molecule has 3 amide bonds. The maximum absolute atomic E-state index is 13.7. The highest BCUT2D eigenvalue weighted by Gasteiger charge is 2.34. The number of aliphatic hydroxyl groups excluding tert-OH is 1. The van der Waals surface area contributed by atoms with Crippen molar-refractivity contribution in [3.8, 4) is 5.69 Å². The standard InChI is InChI=1S/C25H30ClN5O5/c1-15(31(24(35)36)25(2,3)4)21-29-20-18(10-6-11-19(20)26)22(33)30(21)17-9-5-8-16(14-17)28-23(34)27-12-7-13-32/h5-6,8-11,14-15,32H,7,12-13H2,1-4H3,(H,35,36)(H2,27,28,34). The SMILES string of the molecule is CC(c1nc2c(Cl)cccc2c(=O)n1-c1cccc(NC(=O)NCCCO)c1)N(C(=O)O)C(C)(C)C. The number of hydrogen-bond donors (Lipinski definition) is 4. The zero-order valence-corrected chi connectivity index (χ0v) is 21.3. The molecule has 4 N–H and O–H groups in total. The largest absolute Gasteiger partial charge is 0.465 e. The molecule has 0 radical (unpaired) electrons. The topological polar surface area (TPSA) is 137 Å². The van der Waals surface area contributed by atoms with Crippen LogP contribution in [-0.2, 0) is 0 Å². The molecule has 0 fully saturated rings. The van der Waals surface area contributed by atoms with E-state index in [2.05, 4.69) is 15.6 Å². The van der Waals surface area contributed by atoms with Gasteiger partial charge in [0.05, 0.1) is 27.7 Å². The number of fused-ring (bicyclic) bond motifs is 1. The minimum Gasteiger partial charge on any atom is -0.465 e. The monoisotopic (exact) mass is 515 g/mol. The van der Waals surface area contributed by atoms with Crippen LogP contribution in [0.25, 0.3) is 16.6 Å². The normalized spacial score (nSPS) is 12.3. The fourth-order valence-electron chi connectivity index (χ4n) is 4.05. The van der Waals surface area contributed by atoms with Gasteiger partial charge < -0.3 is 20.8 Å². The van der Waals surface area contributed by atoms with Crippen molar-refractivity contribution in [2.75, 3.05) is 18.5 Å². The summed E-state index contributed by atoms with van der Waals surface area (Å²) < 4.78 is 1.35. The average molecular weight is 516 g/mol. The van der Waals surface area contributed by atoms with Crippen LogP contribution >= 0.6 is 11.6 Å². The van der Waals surface area contributed by atoms with E-state index in [9.17, 15) is 19.5 Å². The Morgan fingerprint density at radius 2 is 1.89 bits per heavy atom. The summed E-state index contributed by atoms with van der Waals surface area (Å²) in [5.41, 5.74) is -0.133. The van der Waals surface area contributed by atoms with Crippen LogP contribution in [0.2, 0.25) is 5.02 Å². The van der Waals surface area contributed by atoms with E-state index in [-0.39, 0.29) is 28.4 Å². The molecule has 3 rings (SSSR count). The smallest absolute Gasteiger partial charge is 0.408 e. The summed E-state index contributed by atoms with van der Waals surface area (Å²) in [6.45, 7) is 7.20. The fraction of sp³-hybridized carbons (Fsp3) is 0.360. The van der Waals surface area contributed by atoms with E-state index in [4.69, 9.17) is 16.7 Å². The maximum atomic E-state index is 13.7. The van der Waals surface area contributed by atoms with Crippen molar-refractivity contribution < 1.29 is 19.8 Å². The number of nitrogens with one attached hydrogen (secondary N) is 2. The van der Waals surface area contributed by atoms with Crippen molar-refractivity contribution in [2.45, 2.75) is 45.7 Å². The molecule has 0 aliphatic carbocycles. The van der Waals surface area contributed by atoms with Gasteiger partial charge in [0.2, 0.25) is 0 Å². The molecular formula is C25H30ClN5O5. The van der Waals surface area contributed by atoms with Crippen LogP contribution in [0.3, 0.4) is 0 Å². The quantitative estimate of drug-likeness (QED) is 0.344. The number of halogens is 1. The molecule has 11 heteroatoms. The Morgan fingerprint density at radius 3 is 2.53 bits per heavy atom. The predicted octanol–water partition coefficient (Wildman–Crippen LogP) is 4.38. The summed E-state index contributed by atoms with van der Waals surface area (Å²) in [5.74, 6) is 0.183. The molecule has 0 bridgehead atoms. The highest BCUT2D eigenvalue weighted by Crippen LogP contribution is 2.30. The van der Waals surface area contributed by atoms with Gasteiger partial charge in [-0.25, -0.2) is 14.6 Å². The van der Waals surface area contributed by atoms with Crippen LogP contribution in [0, 0.1) is 0 Å². The molecule has 2 aromatic carbocycles. The molecule has 36 heavy (non-hydrogen) atoms. The number of urea groups is 1. The fourth-order valence-corrected chi connectivity index (χ4v) is 4.27. The lowest BCUT2D eigenvalue weighted by Gasteiger charge is -2.38. The number of hydrogen-bond acceptors (Lipinski definition) is 5. The van der Waals surface area contributed by atoms with E-state index < -0.39 is 29.3 Å². The van der Waals surface area contributed by atoms with Gasteiger partial charge in [-0.2, -0.15) is 0 Å². The van der Waals surface area contributed by atoms with Crippen LogP contribution in [0.4, 0.5) is 15.3 Å². The van der Waals surface area contributed by atoms with Crippen molar-refractivity contribution in [1.29, 1.82) is 0 Å². The second-order valence-electron chi connectivity index (χ2n) is 9.25. The lowest BCUT2D eigenvalue weighted by Crippen LogP contribution is -2.47. The first-order valence-corrected chi connectivity index (χ1v) is 11.8. The van der Waals surface area contributed by atoms with E-state index in [1.165, 1.54) is 9.47 Å². The number of nitrogens with zero attached hydrogens (tertiary/aromatic N) is 3. The van der Waals surface area contributed by atoms with Gasteiger partial charge in [0.1, 0.15) is 5.82 Å². The number of carbonyl (C=O) groups excluding carboxylic acids is 1. The average Bonchev–Trinajstić information content (AvgIpc) is 2.78. The third-order valence-electron chi connectivity index (χ3n) is 5.55. The lowest BCUT2D eigenvalue weighted by atomic mass is 10.0. The third kappa shape index (κ3) is 5.77. The molecule has 0 saturated heterocycles. The van der Waals surface area contributed by atoms with Gasteiger partial charge >= 0.3 is 12.1 Å². The molecule has 1 atom stereocenters. The second-order valence-corrected chi connectivity index (χ2v) is 9.66. The number of benzene rings is 2. The Hall–Kier alpha value is -3.63. The van der Waals surface area contributed by atoms with Crippen molar-refractivity contribution in [1.82, 2.24) is 19.8 Å². The van der Waals surface area contributed by atoms with Gasteiger partial charge in [0.15, 0.2) is 0 Å². The highest BCUT2D eigenvalue weighted by atomic mass is 35.5. The van der Waals surface area contributed by atoms with Crippen molar-refractivity contribution in [2.24, 2.45) is 0 Å². The predicted molar refractivity (Wildman–Crippen MR) is 139 cm³/mol. The Morgan fingerprint density at radius 1 is 1.19 bits per heavy atom. The Balaban J connectivity index is 2.19. The lowest BCUT2D eigenvalue weighted by molar-refractivity contribution is 0.0719. The highest BCUT2D eigenvalue weighted by molar-refractivity contribution is 6.35. The minimum absolute atomic E-state index is 0.0411. The van der Waals surface area contributed by atoms with Crippen LogP contribution in [0.15, 0.2) is 47.3 Å². The molecule has 192 valence electrons. The van der Waals surface area contributed by atoms with Gasteiger partial charge in [-0.05, 0) is 64.4 Å². The maximum Gasteiger partial charge on any atom is 0.408 e. The summed E-state index contributed by atoms with van der Waals surface area (Å²) in [5, 5.41) is 24.7. The first-order chi connectivity index (χ1) is 17.0. The molecule has 0 aliphatic rings. The van der Waals surface area contributed by atoms with Crippen LogP contribution < -0.4 is 16.2 Å². The molecule has 0 aliphatic heterocycles. The van der Waals surface area contributed by atoms with Gasteiger partial charge in [-0.15, -0.1) is 0 Å². The Bertz CT molecular complexity index is 1330. The second kappa shape index (κ2) is 11.0. The summed E-state index contributed by atoms with van der Waals surface area (Å²) in [4.78, 5) is 44.0. The molecule has 10 nitrogen and oxygen atoms in total. The Kier molecular flexibility index (Phi) is 8.21. The zero-order valence-electron chi connectivity index (χ0n) is 20.6. The summed E-state index contributed by atoms with van der Waals surface area (Å²) in [6, 6.07) is 10.2. The first kappa shape index (κ1) is 27.0. The van der Waals surface area contributed by atoms with E-state index in [1.54, 1.807) is 70.2 Å². The van der Waals surface area contributed by atoms with E-state index in [0.29, 0.717) is 24.3 Å². The number of aliphatic hydroxyl groups is 1. The van der Waals surface area contributed by atoms with Gasteiger partial charge in [0.25, 0.3) is 5.56 Å². The number of carbonyl (C=O) groups is 2. The van der Waals surface area contributed by atoms with Crippen molar-refractivity contribution in [3.05, 3.63) is 63.7 Å². The molecule has 1 heterocycles. The number of amides is 3. The van der Waals surface area contributed by atoms with Crippen LogP contribution in [0.5, 0.6) is 0 Å². The van der Waals surface area contributed by atoms with E-state index >= 15 is 0 Å². The summed E-state index contributed by atoms with van der Waals surface area (Å²) >= 11 is 6.36. The number of aromatic nitrogens is 2. The molecule has 0 saturated carbocycles. The molecule has 0 spiro atoms. The van der Waals surface area contributed by atoms with E-state index in [1.807, 2.05) is 0 Å². The van der Waals surface area contributed by atoms with Gasteiger partial charge in [-0.3, -0.25) is 14.3 Å².